The van der Waals surface area contributed by atoms with Gasteiger partial charge in [-0.15, -0.1) is 13.2 Å². The standard InChI is InChI=1S/C9H7F4N3O/c10-7-6(3-15)16-4-5(1-2-14)8(7)17-9(11,12)13/h4H,1,3,15H2. The van der Waals surface area contributed by atoms with E-state index in [1.165, 1.54) is 0 Å². The Labute approximate surface area is 93.6 Å². The average molecular weight is 249 g/mol. The number of nitrogens with zero attached hydrogens (tertiary/aromatic N) is 2. The molecule has 0 saturated heterocycles. The van der Waals surface area contributed by atoms with Crippen LogP contribution in [-0.4, -0.2) is 11.3 Å². The highest BCUT2D eigenvalue weighted by atomic mass is 19.4. The van der Waals surface area contributed by atoms with Crippen LogP contribution in [0.25, 0.3) is 0 Å². The maximum atomic E-state index is 13.5. The third-order valence-electron chi connectivity index (χ3n) is 1.80. The first-order chi connectivity index (χ1) is 7.89. The van der Waals surface area contributed by atoms with E-state index >= 15 is 0 Å². The second-order valence-electron chi connectivity index (χ2n) is 2.96. The molecule has 4 nitrogen and oxygen atoms in total. The van der Waals surface area contributed by atoms with Crippen LogP contribution in [0.15, 0.2) is 6.20 Å². The number of alkyl halides is 3. The minimum atomic E-state index is -5.04. The van der Waals surface area contributed by atoms with Gasteiger partial charge in [0.1, 0.15) is 0 Å². The SMILES string of the molecule is N#CCc1cnc(CN)c(F)c1OC(F)(F)F. The molecule has 0 aliphatic rings. The molecule has 1 aromatic heterocycles. The van der Waals surface area contributed by atoms with Gasteiger partial charge < -0.3 is 10.5 Å². The van der Waals surface area contributed by atoms with E-state index in [1.54, 1.807) is 6.07 Å². The number of ether oxygens (including phenoxy) is 1. The fourth-order valence-corrected chi connectivity index (χ4v) is 1.12. The van der Waals surface area contributed by atoms with Crippen LogP contribution in [0.2, 0.25) is 0 Å². The minimum Gasteiger partial charge on any atom is -0.402 e. The van der Waals surface area contributed by atoms with Gasteiger partial charge in [-0.2, -0.15) is 5.26 Å². The van der Waals surface area contributed by atoms with Gasteiger partial charge >= 0.3 is 6.36 Å². The topological polar surface area (TPSA) is 71.9 Å². The molecule has 0 unspecified atom stereocenters. The molecule has 0 saturated carbocycles. The van der Waals surface area contributed by atoms with Gasteiger partial charge in [0.25, 0.3) is 0 Å². The number of hydrogen-bond acceptors (Lipinski definition) is 4. The molecule has 0 amide bonds. The first-order valence-electron chi connectivity index (χ1n) is 4.38. The van der Waals surface area contributed by atoms with Crippen molar-refractivity contribution in [3.05, 3.63) is 23.3 Å². The lowest BCUT2D eigenvalue weighted by Crippen LogP contribution is -2.20. The normalized spacial score (nSPS) is 11.1. The molecule has 2 N–H and O–H groups in total. The van der Waals surface area contributed by atoms with Crippen LogP contribution in [-0.2, 0) is 13.0 Å². The van der Waals surface area contributed by atoms with Crippen LogP contribution in [0.4, 0.5) is 17.6 Å². The van der Waals surface area contributed by atoms with E-state index in [9.17, 15) is 17.6 Å². The van der Waals surface area contributed by atoms with Gasteiger partial charge in [0.2, 0.25) is 0 Å². The molecule has 8 heteroatoms. The maximum absolute atomic E-state index is 13.5. The van der Waals surface area contributed by atoms with Crippen molar-refractivity contribution in [3.63, 3.8) is 0 Å². The van der Waals surface area contributed by atoms with Crippen molar-refractivity contribution in [3.8, 4) is 11.8 Å². The van der Waals surface area contributed by atoms with E-state index in [0.29, 0.717) is 0 Å². The first kappa shape index (κ1) is 13.2. The third kappa shape index (κ3) is 3.29. The van der Waals surface area contributed by atoms with Gasteiger partial charge in [-0.25, -0.2) is 4.39 Å². The summed E-state index contributed by atoms with van der Waals surface area (Å²) < 4.78 is 53.2. The number of rotatable bonds is 3. The molecule has 1 heterocycles. The van der Waals surface area contributed by atoms with Gasteiger partial charge in [0.05, 0.1) is 18.2 Å². The highest BCUT2D eigenvalue weighted by Crippen LogP contribution is 2.30. The zero-order valence-corrected chi connectivity index (χ0v) is 8.38. The molecule has 0 spiro atoms. The smallest absolute Gasteiger partial charge is 0.402 e. The van der Waals surface area contributed by atoms with Crippen LogP contribution in [0.3, 0.4) is 0 Å². The van der Waals surface area contributed by atoms with Crippen molar-refractivity contribution in [1.82, 2.24) is 4.98 Å². The average Bonchev–Trinajstić information content (AvgIpc) is 2.22. The predicted molar refractivity (Wildman–Crippen MR) is 48.1 cm³/mol. The molecule has 1 aromatic rings. The number of nitriles is 1. The van der Waals surface area contributed by atoms with Gasteiger partial charge in [0.15, 0.2) is 11.6 Å². The van der Waals surface area contributed by atoms with Crippen molar-refractivity contribution in [2.24, 2.45) is 5.73 Å². The molecule has 0 aliphatic heterocycles. The molecule has 0 fully saturated rings. The van der Waals surface area contributed by atoms with Gasteiger partial charge in [0, 0.05) is 18.3 Å². The van der Waals surface area contributed by atoms with Gasteiger partial charge in [-0.05, 0) is 0 Å². The highest BCUT2D eigenvalue weighted by Gasteiger charge is 2.34. The predicted octanol–water partition coefficient (Wildman–Crippen LogP) is 1.64. The fraction of sp³-hybridized carbons (Fsp3) is 0.333. The summed E-state index contributed by atoms with van der Waals surface area (Å²) in [5, 5.41) is 8.40. The van der Waals surface area contributed by atoms with Crippen molar-refractivity contribution >= 4 is 0 Å². The third-order valence-corrected chi connectivity index (χ3v) is 1.80. The first-order valence-corrected chi connectivity index (χ1v) is 4.38. The van der Waals surface area contributed by atoms with Crippen LogP contribution < -0.4 is 10.5 Å². The molecule has 92 valence electrons. The molecular formula is C9H7F4N3O. The summed E-state index contributed by atoms with van der Waals surface area (Å²) in [7, 11) is 0. The van der Waals surface area contributed by atoms with E-state index in [-0.39, 0.29) is 17.8 Å². The second kappa shape index (κ2) is 4.97. The number of hydrogen-bond donors (Lipinski definition) is 1. The Kier molecular flexibility index (Phi) is 3.85. The van der Waals surface area contributed by atoms with Gasteiger partial charge in [-0.1, -0.05) is 0 Å². The molecule has 17 heavy (non-hydrogen) atoms. The molecule has 0 atom stereocenters. The summed E-state index contributed by atoms with van der Waals surface area (Å²) in [6.07, 6.45) is -4.55. The zero-order valence-electron chi connectivity index (χ0n) is 8.38. The van der Waals surface area contributed by atoms with E-state index < -0.39 is 24.3 Å². The lowest BCUT2D eigenvalue weighted by Gasteiger charge is -2.13. The van der Waals surface area contributed by atoms with Crippen LogP contribution in [0.5, 0.6) is 5.75 Å². The van der Waals surface area contributed by atoms with Crippen molar-refractivity contribution in [2.75, 3.05) is 0 Å². The Bertz CT molecular complexity index is 453. The Morgan fingerprint density at radius 2 is 2.12 bits per heavy atom. The quantitative estimate of drug-likeness (QED) is 0.826. The van der Waals surface area contributed by atoms with Crippen LogP contribution in [0, 0.1) is 17.1 Å². The summed E-state index contributed by atoms with van der Waals surface area (Å²) >= 11 is 0. The maximum Gasteiger partial charge on any atom is 0.573 e. The molecule has 0 bridgehead atoms. The van der Waals surface area contributed by atoms with Crippen LogP contribution in [0.1, 0.15) is 11.3 Å². The van der Waals surface area contributed by atoms with Crippen molar-refractivity contribution in [2.45, 2.75) is 19.3 Å². The molecule has 0 aliphatic carbocycles. The van der Waals surface area contributed by atoms with E-state index in [4.69, 9.17) is 11.0 Å². The zero-order chi connectivity index (χ0) is 13.1. The Morgan fingerprint density at radius 1 is 1.47 bits per heavy atom. The fourth-order valence-electron chi connectivity index (χ4n) is 1.12. The highest BCUT2D eigenvalue weighted by molar-refractivity contribution is 5.37. The molecular weight excluding hydrogens is 242 g/mol. The monoisotopic (exact) mass is 249 g/mol. The summed E-state index contributed by atoms with van der Waals surface area (Å²) in [5.41, 5.74) is 4.47. The molecule has 0 radical (unpaired) electrons. The summed E-state index contributed by atoms with van der Waals surface area (Å²) in [6.45, 7) is -0.368. The van der Waals surface area contributed by atoms with Crippen molar-refractivity contribution < 1.29 is 22.3 Å². The molecule has 0 aromatic carbocycles. The second-order valence-corrected chi connectivity index (χ2v) is 2.96. The van der Waals surface area contributed by atoms with Crippen molar-refractivity contribution in [1.29, 1.82) is 5.26 Å². The Balaban J connectivity index is 3.25. The van der Waals surface area contributed by atoms with E-state index in [0.717, 1.165) is 6.20 Å². The summed E-state index contributed by atoms with van der Waals surface area (Å²) in [4.78, 5) is 3.51. The number of nitrogens with two attached hydrogens (primary N) is 1. The Hall–Kier alpha value is -1.88. The Morgan fingerprint density at radius 3 is 2.59 bits per heavy atom. The summed E-state index contributed by atoms with van der Waals surface area (Å²) in [6, 6.07) is 1.59. The lowest BCUT2D eigenvalue weighted by atomic mass is 10.1. The van der Waals surface area contributed by atoms with Crippen LogP contribution >= 0.6 is 0 Å². The summed E-state index contributed by atoms with van der Waals surface area (Å²) in [5.74, 6) is -2.34. The van der Waals surface area contributed by atoms with E-state index in [1.807, 2.05) is 0 Å². The minimum absolute atomic E-state index is 0.278. The van der Waals surface area contributed by atoms with Gasteiger partial charge in [-0.3, -0.25) is 4.98 Å². The largest absolute Gasteiger partial charge is 0.573 e. The number of pyridine rings is 1. The molecule has 1 rings (SSSR count). The lowest BCUT2D eigenvalue weighted by molar-refractivity contribution is -0.275. The number of halogens is 4. The van der Waals surface area contributed by atoms with E-state index in [2.05, 4.69) is 9.72 Å². The number of aromatic nitrogens is 1.